The molecule has 12 heteroatoms. The minimum Gasteiger partial charge on any atom is -0.496 e. The first-order chi connectivity index (χ1) is 17.1. The van der Waals surface area contributed by atoms with Gasteiger partial charge in [0, 0.05) is 24.4 Å². The van der Waals surface area contributed by atoms with Crippen molar-refractivity contribution in [1.29, 1.82) is 0 Å². The average molecular weight is 500 g/mol. The normalized spacial score (nSPS) is 12.5. The zero-order valence-electron chi connectivity index (χ0n) is 19.9. The Morgan fingerprint density at radius 2 is 1.92 bits per heavy atom. The van der Waals surface area contributed by atoms with E-state index in [1.807, 2.05) is 25.2 Å². The number of rotatable bonds is 7. The Balaban J connectivity index is 1.72. The molecule has 1 N–H and O–H groups in total. The van der Waals surface area contributed by atoms with Gasteiger partial charge >= 0.3 is 6.18 Å². The Hall–Kier alpha value is -4.06. The quantitative estimate of drug-likeness (QED) is 0.403. The van der Waals surface area contributed by atoms with Gasteiger partial charge in [0.15, 0.2) is 0 Å². The summed E-state index contributed by atoms with van der Waals surface area (Å²) < 4.78 is 51.6. The van der Waals surface area contributed by atoms with E-state index in [9.17, 15) is 18.0 Å². The number of methoxy groups -OCH3 is 1. The Labute approximate surface area is 204 Å². The molecule has 0 saturated carbocycles. The third kappa shape index (κ3) is 4.98. The number of nitrogens with zero attached hydrogens (tertiary/aromatic N) is 5. The first-order valence-corrected chi connectivity index (χ1v) is 10.9. The number of alkyl halides is 3. The maximum Gasteiger partial charge on any atom is 0.408 e. The standard InChI is InChI=1S/C24H23F3N6O3/c1-13-21(23-32-31-22(36-23)17-7-5-15(10-28-3)9-19(17)35-4)30-18(11-29-13)16-6-8-20(34)33(12-16)14(2)24(25,26)27/h5-9,11-12,14,28H,10H2,1-4H3. The second kappa shape index (κ2) is 9.90. The lowest BCUT2D eigenvalue weighted by atomic mass is 10.1. The van der Waals surface area contributed by atoms with Gasteiger partial charge in [-0.25, -0.2) is 4.98 Å². The van der Waals surface area contributed by atoms with Crippen molar-refractivity contribution in [3.8, 4) is 40.0 Å². The molecule has 0 fully saturated rings. The van der Waals surface area contributed by atoms with Crippen molar-refractivity contribution in [3.05, 3.63) is 64.3 Å². The van der Waals surface area contributed by atoms with Crippen LogP contribution in [0.3, 0.4) is 0 Å². The molecule has 0 saturated heterocycles. The highest BCUT2D eigenvalue weighted by atomic mass is 19.4. The molecular formula is C24H23F3N6O3. The van der Waals surface area contributed by atoms with Crippen molar-refractivity contribution >= 4 is 0 Å². The summed E-state index contributed by atoms with van der Waals surface area (Å²) in [6, 6.07) is 6.02. The highest BCUT2D eigenvalue weighted by molar-refractivity contribution is 5.66. The second-order valence-electron chi connectivity index (χ2n) is 8.05. The van der Waals surface area contributed by atoms with Crippen molar-refractivity contribution in [1.82, 2.24) is 30.0 Å². The second-order valence-corrected chi connectivity index (χ2v) is 8.05. The predicted molar refractivity (Wildman–Crippen MR) is 125 cm³/mol. The van der Waals surface area contributed by atoms with Gasteiger partial charge < -0.3 is 19.0 Å². The minimum absolute atomic E-state index is 0.0789. The largest absolute Gasteiger partial charge is 0.496 e. The molecular weight excluding hydrogens is 477 g/mol. The number of nitrogens with one attached hydrogen (secondary N) is 1. The van der Waals surface area contributed by atoms with Crippen LogP contribution < -0.4 is 15.6 Å². The maximum atomic E-state index is 13.2. The summed E-state index contributed by atoms with van der Waals surface area (Å²) in [7, 11) is 3.38. The number of benzene rings is 1. The predicted octanol–water partition coefficient (Wildman–Crippen LogP) is 4.18. The lowest BCUT2D eigenvalue weighted by Crippen LogP contribution is -2.31. The molecule has 1 atom stereocenters. The van der Waals surface area contributed by atoms with E-state index in [2.05, 4.69) is 25.5 Å². The van der Waals surface area contributed by atoms with Crippen molar-refractivity contribution < 1.29 is 22.3 Å². The van der Waals surface area contributed by atoms with Crippen LogP contribution in [-0.2, 0) is 6.54 Å². The van der Waals surface area contributed by atoms with Crippen molar-refractivity contribution in [3.63, 3.8) is 0 Å². The van der Waals surface area contributed by atoms with E-state index in [0.717, 1.165) is 24.8 Å². The monoisotopic (exact) mass is 500 g/mol. The van der Waals surface area contributed by atoms with Gasteiger partial charge in [-0.3, -0.25) is 9.78 Å². The van der Waals surface area contributed by atoms with E-state index in [4.69, 9.17) is 9.15 Å². The summed E-state index contributed by atoms with van der Waals surface area (Å²) >= 11 is 0. The van der Waals surface area contributed by atoms with E-state index in [0.29, 0.717) is 28.1 Å². The van der Waals surface area contributed by atoms with Crippen LogP contribution in [0.2, 0.25) is 0 Å². The summed E-state index contributed by atoms with van der Waals surface area (Å²) in [4.78, 5) is 20.9. The van der Waals surface area contributed by atoms with Crippen LogP contribution in [0.5, 0.6) is 5.75 Å². The molecule has 0 amide bonds. The lowest BCUT2D eigenvalue weighted by Gasteiger charge is -2.19. The first kappa shape index (κ1) is 25.0. The molecule has 36 heavy (non-hydrogen) atoms. The van der Waals surface area contributed by atoms with Gasteiger partial charge in [0.2, 0.25) is 0 Å². The molecule has 0 spiro atoms. The molecule has 188 valence electrons. The Bertz CT molecular complexity index is 1450. The molecule has 1 aromatic carbocycles. The molecule has 9 nitrogen and oxygen atoms in total. The van der Waals surface area contributed by atoms with Gasteiger partial charge in [0.05, 0.1) is 30.3 Å². The SMILES string of the molecule is CNCc1ccc(-c2nnc(-c3nc(-c4ccc(=O)n(C(C)C(F)(F)F)c4)cnc3C)o2)c(OC)c1. The third-order valence-corrected chi connectivity index (χ3v) is 5.59. The zero-order chi connectivity index (χ0) is 26.0. The van der Waals surface area contributed by atoms with Crippen LogP contribution in [0.25, 0.3) is 34.3 Å². The van der Waals surface area contributed by atoms with Crippen molar-refractivity contribution in [2.45, 2.75) is 32.6 Å². The number of aryl methyl sites for hydroxylation is 1. The van der Waals surface area contributed by atoms with E-state index in [-0.39, 0.29) is 28.7 Å². The molecule has 0 radical (unpaired) electrons. The first-order valence-electron chi connectivity index (χ1n) is 10.9. The minimum atomic E-state index is -4.58. The molecule has 1 unspecified atom stereocenters. The summed E-state index contributed by atoms with van der Waals surface area (Å²) in [6.45, 7) is 3.26. The van der Waals surface area contributed by atoms with Crippen molar-refractivity contribution in [2.24, 2.45) is 0 Å². The smallest absolute Gasteiger partial charge is 0.408 e. The van der Waals surface area contributed by atoms with E-state index >= 15 is 0 Å². The van der Waals surface area contributed by atoms with Crippen LogP contribution in [0.1, 0.15) is 24.2 Å². The summed E-state index contributed by atoms with van der Waals surface area (Å²) in [5, 5.41) is 11.3. The van der Waals surface area contributed by atoms with E-state index in [1.54, 1.807) is 6.92 Å². The van der Waals surface area contributed by atoms with Crippen LogP contribution in [0.15, 0.2) is 51.9 Å². The third-order valence-electron chi connectivity index (χ3n) is 5.59. The van der Waals surface area contributed by atoms with E-state index < -0.39 is 17.8 Å². The molecule has 0 bridgehead atoms. The molecule has 0 aliphatic heterocycles. The van der Waals surface area contributed by atoms with Gasteiger partial charge in [-0.05, 0) is 44.7 Å². The van der Waals surface area contributed by atoms with Gasteiger partial charge in [0.1, 0.15) is 17.5 Å². The van der Waals surface area contributed by atoms with Gasteiger partial charge in [-0.1, -0.05) is 6.07 Å². The highest BCUT2D eigenvalue weighted by Crippen LogP contribution is 2.33. The van der Waals surface area contributed by atoms with Gasteiger partial charge in [-0.2, -0.15) is 13.2 Å². The lowest BCUT2D eigenvalue weighted by molar-refractivity contribution is -0.163. The van der Waals surface area contributed by atoms with Crippen molar-refractivity contribution in [2.75, 3.05) is 14.2 Å². The molecule has 4 rings (SSSR count). The number of hydrogen-bond donors (Lipinski definition) is 1. The van der Waals surface area contributed by atoms with Crippen LogP contribution in [0, 0.1) is 6.92 Å². The number of aromatic nitrogens is 5. The van der Waals surface area contributed by atoms with Gasteiger partial charge in [0.25, 0.3) is 17.3 Å². The zero-order valence-corrected chi connectivity index (χ0v) is 19.9. The summed E-state index contributed by atoms with van der Waals surface area (Å²) in [5.74, 6) is 0.836. The summed E-state index contributed by atoms with van der Waals surface area (Å²) in [6.07, 6.45) is -2.07. The summed E-state index contributed by atoms with van der Waals surface area (Å²) in [5.41, 5.74) is 2.08. The molecule has 3 aromatic heterocycles. The molecule has 4 aromatic rings. The topological polar surface area (TPSA) is 108 Å². The van der Waals surface area contributed by atoms with E-state index in [1.165, 1.54) is 19.4 Å². The average Bonchev–Trinajstić information content (AvgIpc) is 3.33. The Morgan fingerprint density at radius 3 is 2.61 bits per heavy atom. The number of ether oxygens (including phenoxy) is 1. The Kier molecular flexibility index (Phi) is 6.88. The molecule has 0 aliphatic rings. The van der Waals surface area contributed by atoms with Crippen LogP contribution >= 0.6 is 0 Å². The fraction of sp³-hybridized carbons (Fsp3) is 0.292. The van der Waals surface area contributed by atoms with Gasteiger partial charge in [-0.15, -0.1) is 10.2 Å². The van der Waals surface area contributed by atoms with Crippen LogP contribution in [0.4, 0.5) is 13.2 Å². The number of hydrogen-bond acceptors (Lipinski definition) is 8. The molecule has 0 aliphatic carbocycles. The maximum absolute atomic E-state index is 13.2. The fourth-order valence-electron chi connectivity index (χ4n) is 3.56. The van der Waals surface area contributed by atoms with Crippen LogP contribution in [-0.4, -0.2) is 45.1 Å². The molecule has 3 heterocycles. The highest BCUT2D eigenvalue weighted by Gasteiger charge is 2.37. The Morgan fingerprint density at radius 1 is 1.17 bits per heavy atom. The number of pyridine rings is 1. The number of halogens is 3. The fourth-order valence-corrected chi connectivity index (χ4v) is 3.56.